The van der Waals surface area contributed by atoms with Crippen LogP contribution in [0, 0.1) is 0 Å². The Morgan fingerprint density at radius 1 is 1.19 bits per heavy atom. The predicted octanol–water partition coefficient (Wildman–Crippen LogP) is 3.97. The molecule has 2 aliphatic heterocycles. The molecule has 2 aromatic rings. The van der Waals surface area contributed by atoms with Gasteiger partial charge in [0.05, 0.1) is 17.8 Å². The largest absolute Gasteiger partial charge is 0.444 e. The zero-order valence-electron chi connectivity index (χ0n) is 18.6. The first-order chi connectivity index (χ1) is 14.5. The van der Waals surface area contributed by atoms with Crippen LogP contribution in [0.3, 0.4) is 0 Å². The quantitative estimate of drug-likeness (QED) is 0.795. The Morgan fingerprint density at radius 3 is 2.42 bits per heavy atom. The fourth-order valence-corrected chi connectivity index (χ4v) is 3.71. The van der Waals surface area contributed by atoms with Gasteiger partial charge in [0.1, 0.15) is 11.4 Å². The van der Waals surface area contributed by atoms with Crippen LogP contribution in [0.4, 0.5) is 10.6 Å². The van der Waals surface area contributed by atoms with Gasteiger partial charge in [-0.15, -0.1) is 0 Å². The highest BCUT2D eigenvalue weighted by atomic mass is 16.9. The Kier molecular flexibility index (Phi) is 5.06. The standard InChI is InChI=1S/C22H28N4O5/c1-13-29-20(30-13)26-17(23-18(27)14-10-8-7-9-11-14)15-12-25(19(28)31-21(2,3)4)22(5,6)16(15)24-26/h7-11,13,20H,12H2,1-6H3,(H,23,27). The Bertz CT molecular complexity index is 1000. The number of hydrogen-bond acceptors (Lipinski definition) is 6. The monoisotopic (exact) mass is 428 g/mol. The number of carbonyl (C=O) groups excluding carboxylic acids is 2. The van der Waals surface area contributed by atoms with Crippen LogP contribution in [0.1, 0.15) is 69.6 Å². The number of hydrogen-bond donors (Lipinski definition) is 1. The Balaban J connectivity index is 1.69. The normalized spacial score (nSPS) is 21.9. The van der Waals surface area contributed by atoms with E-state index in [-0.39, 0.29) is 18.7 Å². The second-order valence-electron chi connectivity index (χ2n) is 9.21. The van der Waals surface area contributed by atoms with Gasteiger partial charge in [0.15, 0.2) is 6.29 Å². The summed E-state index contributed by atoms with van der Waals surface area (Å²) in [5.74, 6) is 0.158. The van der Waals surface area contributed by atoms with Gasteiger partial charge < -0.3 is 19.5 Å². The molecular formula is C22H28N4O5. The van der Waals surface area contributed by atoms with Crippen molar-refractivity contribution in [1.29, 1.82) is 0 Å². The molecule has 166 valence electrons. The lowest BCUT2D eigenvalue weighted by Crippen LogP contribution is -2.44. The molecule has 0 bridgehead atoms. The van der Waals surface area contributed by atoms with Crippen molar-refractivity contribution < 1.29 is 23.8 Å². The van der Waals surface area contributed by atoms with Gasteiger partial charge in [-0.3, -0.25) is 9.69 Å². The Labute approximate surface area is 181 Å². The summed E-state index contributed by atoms with van der Waals surface area (Å²) < 4.78 is 18.4. The van der Waals surface area contributed by atoms with Gasteiger partial charge in [0.2, 0.25) is 0 Å². The smallest absolute Gasteiger partial charge is 0.411 e. The molecule has 0 spiro atoms. The number of nitrogens with zero attached hydrogens (tertiary/aromatic N) is 3. The number of benzene rings is 1. The van der Waals surface area contributed by atoms with E-state index in [1.165, 1.54) is 4.68 Å². The molecule has 9 nitrogen and oxygen atoms in total. The molecule has 3 heterocycles. The van der Waals surface area contributed by atoms with E-state index in [1.807, 2.05) is 40.7 Å². The summed E-state index contributed by atoms with van der Waals surface area (Å²) in [6.45, 7) is 11.3. The number of nitrogens with one attached hydrogen (secondary N) is 1. The molecule has 0 aliphatic carbocycles. The van der Waals surface area contributed by atoms with Crippen LogP contribution in [0.25, 0.3) is 0 Å². The van der Waals surface area contributed by atoms with Crippen LogP contribution in [0.5, 0.6) is 0 Å². The van der Waals surface area contributed by atoms with E-state index in [2.05, 4.69) is 10.4 Å². The fourth-order valence-electron chi connectivity index (χ4n) is 3.71. The van der Waals surface area contributed by atoms with Gasteiger partial charge in [0.25, 0.3) is 12.3 Å². The minimum absolute atomic E-state index is 0.240. The van der Waals surface area contributed by atoms with Crippen LogP contribution >= 0.6 is 0 Å². The highest BCUT2D eigenvalue weighted by Crippen LogP contribution is 2.44. The number of anilines is 1. The second-order valence-corrected chi connectivity index (χ2v) is 9.21. The van der Waals surface area contributed by atoms with Gasteiger partial charge in [-0.05, 0) is 53.7 Å². The van der Waals surface area contributed by atoms with Crippen LogP contribution in [0.15, 0.2) is 30.3 Å². The maximum atomic E-state index is 12.9. The first kappa shape index (κ1) is 21.3. The maximum Gasteiger partial charge on any atom is 0.411 e. The van der Waals surface area contributed by atoms with E-state index in [0.29, 0.717) is 17.1 Å². The van der Waals surface area contributed by atoms with E-state index in [9.17, 15) is 9.59 Å². The molecule has 4 rings (SSSR count). The van der Waals surface area contributed by atoms with Crippen molar-refractivity contribution >= 4 is 17.8 Å². The van der Waals surface area contributed by atoms with Gasteiger partial charge in [0, 0.05) is 11.1 Å². The van der Waals surface area contributed by atoms with Gasteiger partial charge in [-0.25, -0.2) is 4.79 Å². The highest BCUT2D eigenvalue weighted by molar-refractivity contribution is 6.04. The molecule has 1 saturated heterocycles. The molecule has 0 atom stereocenters. The van der Waals surface area contributed by atoms with E-state index >= 15 is 0 Å². The van der Waals surface area contributed by atoms with Crippen molar-refractivity contribution in [2.75, 3.05) is 5.32 Å². The zero-order valence-corrected chi connectivity index (χ0v) is 18.6. The maximum absolute atomic E-state index is 12.9. The second kappa shape index (κ2) is 7.35. The molecule has 1 N–H and O–H groups in total. The molecule has 1 aromatic heterocycles. The zero-order chi connectivity index (χ0) is 22.6. The summed E-state index contributed by atoms with van der Waals surface area (Å²) in [5, 5.41) is 7.62. The molecule has 31 heavy (non-hydrogen) atoms. The molecule has 2 aliphatic rings. The lowest BCUT2D eigenvalue weighted by atomic mass is 10.0. The third-order valence-electron chi connectivity index (χ3n) is 5.28. The Hall–Kier alpha value is -2.91. The first-order valence-electron chi connectivity index (χ1n) is 10.3. The molecule has 0 saturated carbocycles. The number of amides is 2. The summed E-state index contributed by atoms with van der Waals surface area (Å²) in [6, 6.07) is 8.89. The van der Waals surface area contributed by atoms with Crippen molar-refractivity contribution in [2.45, 2.75) is 71.9 Å². The van der Waals surface area contributed by atoms with Crippen LogP contribution in [0.2, 0.25) is 0 Å². The molecule has 9 heteroatoms. The van der Waals surface area contributed by atoms with Crippen molar-refractivity contribution in [3.63, 3.8) is 0 Å². The number of aromatic nitrogens is 2. The Morgan fingerprint density at radius 2 is 1.84 bits per heavy atom. The predicted molar refractivity (Wildman–Crippen MR) is 112 cm³/mol. The number of carbonyl (C=O) groups is 2. The lowest BCUT2D eigenvalue weighted by Gasteiger charge is -2.36. The van der Waals surface area contributed by atoms with E-state index in [0.717, 1.165) is 5.56 Å². The van der Waals surface area contributed by atoms with Gasteiger partial charge in [-0.2, -0.15) is 9.78 Å². The van der Waals surface area contributed by atoms with E-state index in [4.69, 9.17) is 14.2 Å². The summed E-state index contributed by atoms with van der Waals surface area (Å²) in [6.07, 6.45) is -1.53. The molecular weight excluding hydrogens is 400 g/mol. The topological polar surface area (TPSA) is 94.9 Å². The lowest BCUT2D eigenvalue weighted by molar-refractivity contribution is -0.415. The van der Waals surface area contributed by atoms with Gasteiger partial charge in [-0.1, -0.05) is 18.2 Å². The van der Waals surface area contributed by atoms with Crippen molar-refractivity contribution in [3.8, 4) is 0 Å². The van der Waals surface area contributed by atoms with E-state index in [1.54, 1.807) is 36.1 Å². The average Bonchev–Trinajstić information content (AvgIpc) is 3.13. The third kappa shape index (κ3) is 3.90. The molecule has 2 amide bonds. The fraction of sp³-hybridized carbons (Fsp3) is 0.500. The average molecular weight is 428 g/mol. The number of rotatable bonds is 3. The van der Waals surface area contributed by atoms with Crippen molar-refractivity contribution in [1.82, 2.24) is 14.7 Å². The van der Waals surface area contributed by atoms with Crippen LogP contribution in [-0.2, 0) is 26.3 Å². The van der Waals surface area contributed by atoms with Gasteiger partial charge >= 0.3 is 6.09 Å². The summed E-state index contributed by atoms with van der Waals surface area (Å²) in [7, 11) is 0. The number of ether oxygens (including phenoxy) is 3. The minimum atomic E-state index is -0.746. The van der Waals surface area contributed by atoms with Crippen molar-refractivity contribution in [2.24, 2.45) is 0 Å². The van der Waals surface area contributed by atoms with Crippen LogP contribution in [-0.4, -0.2) is 38.6 Å². The molecule has 0 unspecified atom stereocenters. The molecule has 1 aromatic carbocycles. The summed E-state index contributed by atoms with van der Waals surface area (Å²) >= 11 is 0. The number of fused-ring (bicyclic) bond motifs is 1. The molecule has 0 radical (unpaired) electrons. The minimum Gasteiger partial charge on any atom is -0.444 e. The summed E-state index contributed by atoms with van der Waals surface area (Å²) in [4.78, 5) is 27.4. The third-order valence-corrected chi connectivity index (χ3v) is 5.28. The van der Waals surface area contributed by atoms with E-state index < -0.39 is 23.6 Å². The summed E-state index contributed by atoms with van der Waals surface area (Å²) in [5.41, 5.74) is 0.528. The SMILES string of the molecule is CC1OC(n2nc3c(c2NC(=O)c2ccccc2)CN(C(=O)OC(C)(C)C)C3(C)C)O1. The van der Waals surface area contributed by atoms with Crippen LogP contribution < -0.4 is 5.32 Å². The molecule has 1 fully saturated rings. The van der Waals surface area contributed by atoms with Crippen molar-refractivity contribution in [3.05, 3.63) is 47.2 Å². The highest BCUT2D eigenvalue weighted by Gasteiger charge is 2.48. The first-order valence-corrected chi connectivity index (χ1v) is 10.3.